The fourth-order valence-corrected chi connectivity index (χ4v) is 2.35. The summed E-state index contributed by atoms with van der Waals surface area (Å²) in [6, 6.07) is 13.0. The van der Waals surface area contributed by atoms with Crippen molar-refractivity contribution < 1.29 is 4.79 Å². The van der Waals surface area contributed by atoms with Crippen LogP contribution in [0.3, 0.4) is 0 Å². The molecule has 3 rings (SSSR count). The largest absolute Gasteiger partial charge is 0.398 e. The number of nitrogens with two attached hydrogens (primary N) is 1. The van der Waals surface area contributed by atoms with Crippen LogP contribution in [0.1, 0.15) is 15.9 Å². The molecule has 1 heterocycles. The fourth-order valence-electron chi connectivity index (χ4n) is 2.10. The second-order valence-electron chi connectivity index (χ2n) is 4.31. The van der Waals surface area contributed by atoms with E-state index < -0.39 is 0 Å². The smallest absolute Gasteiger partial charge is 0.195 e. The Kier molecular flexibility index (Phi) is 2.87. The van der Waals surface area contributed by atoms with Gasteiger partial charge in [-0.3, -0.25) is 4.79 Å². The number of rotatable bonds is 2. The molecule has 0 aliphatic heterocycles. The van der Waals surface area contributed by atoms with Crippen molar-refractivity contribution in [3.63, 3.8) is 0 Å². The second kappa shape index (κ2) is 4.55. The Labute approximate surface area is 118 Å². The van der Waals surface area contributed by atoms with Gasteiger partial charge in [0.2, 0.25) is 0 Å². The Morgan fingerprint density at radius 2 is 1.95 bits per heavy atom. The van der Waals surface area contributed by atoms with Crippen molar-refractivity contribution in [3.05, 3.63) is 64.3 Å². The van der Waals surface area contributed by atoms with E-state index in [2.05, 4.69) is 20.9 Å². The number of carbonyl (C=O) groups is 1. The predicted octanol–water partition coefficient (Wildman–Crippen LogP) is 3.74. The molecule has 0 aliphatic rings. The minimum Gasteiger partial charge on any atom is -0.398 e. The number of para-hydroxylation sites is 1. The number of hydrogen-bond acceptors (Lipinski definition) is 2. The van der Waals surface area contributed by atoms with Crippen molar-refractivity contribution in [2.75, 3.05) is 5.73 Å². The summed E-state index contributed by atoms with van der Waals surface area (Å²) in [5, 5.41) is 0.925. The summed E-state index contributed by atoms with van der Waals surface area (Å²) in [4.78, 5) is 15.6. The number of nitrogen functional groups attached to an aromatic ring is 1. The Hall–Kier alpha value is -2.07. The van der Waals surface area contributed by atoms with Gasteiger partial charge in [0.05, 0.1) is 0 Å². The molecule has 0 aliphatic carbocycles. The summed E-state index contributed by atoms with van der Waals surface area (Å²) < 4.78 is 0.794. The van der Waals surface area contributed by atoms with Gasteiger partial charge in [-0.15, -0.1) is 0 Å². The molecule has 0 atom stereocenters. The number of carbonyl (C=O) groups excluding carboxylic acids is 1. The van der Waals surface area contributed by atoms with Crippen LogP contribution in [-0.4, -0.2) is 10.8 Å². The zero-order valence-corrected chi connectivity index (χ0v) is 11.6. The number of aromatic amines is 1. The van der Waals surface area contributed by atoms with E-state index in [1.165, 1.54) is 0 Å². The van der Waals surface area contributed by atoms with Gasteiger partial charge in [-0.1, -0.05) is 18.2 Å². The van der Waals surface area contributed by atoms with Crippen molar-refractivity contribution in [1.82, 2.24) is 4.98 Å². The predicted molar refractivity (Wildman–Crippen MR) is 80.3 cm³/mol. The van der Waals surface area contributed by atoms with Gasteiger partial charge in [-0.2, -0.15) is 0 Å². The third-order valence-electron chi connectivity index (χ3n) is 3.09. The number of nitrogens with one attached hydrogen (secondary N) is 1. The molecule has 0 bridgehead atoms. The molecule has 0 radical (unpaired) electrons. The van der Waals surface area contributed by atoms with Gasteiger partial charge in [0, 0.05) is 38.4 Å². The first-order chi connectivity index (χ1) is 9.16. The average molecular weight is 315 g/mol. The molecule has 19 heavy (non-hydrogen) atoms. The highest BCUT2D eigenvalue weighted by Crippen LogP contribution is 2.24. The Morgan fingerprint density at radius 3 is 2.74 bits per heavy atom. The number of H-pyrrole nitrogens is 1. The molecule has 2 aromatic carbocycles. The van der Waals surface area contributed by atoms with Crippen LogP contribution < -0.4 is 5.73 Å². The first kappa shape index (κ1) is 12.0. The number of halogens is 1. The molecule has 94 valence electrons. The van der Waals surface area contributed by atoms with E-state index >= 15 is 0 Å². The fraction of sp³-hybridized carbons (Fsp3) is 0. The molecule has 0 saturated heterocycles. The van der Waals surface area contributed by atoms with E-state index in [0.29, 0.717) is 16.8 Å². The summed E-state index contributed by atoms with van der Waals surface area (Å²) in [6.45, 7) is 0. The highest BCUT2D eigenvalue weighted by molar-refractivity contribution is 9.10. The molecule has 3 nitrogen and oxygen atoms in total. The minimum atomic E-state index is -0.0309. The summed E-state index contributed by atoms with van der Waals surface area (Å²) >= 11 is 3.32. The van der Waals surface area contributed by atoms with Crippen LogP contribution in [0.15, 0.2) is 53.1 Å². The van der Waals surface area contributed by atoms with Gasteiger partial charge < -0.3 is 10.7 Å². The van der Waals surface area contributed by atoms with Gasteiger partial charge >= 0.3 is 0 Å². The lowest BCUT2D eigenvalue weighted by Crippen LogP contribution is -2.01. The number of anilines is 1. The van der Waals surface area contributed by atoms with Gasteiger partial charge in [0.25, 0.3) is 0 Å². The average Bonchev–Trinajstić information content (AvgIpc) is 2.85. The summed E-state index contributed by atoms with van der Waals surface area (Å²) in [5.41, 5.74) is 8.59. The van der Waals surface area contributed by atoms with E-state index in [-0.39, 0.29) is 5.78 Å². The topological polar surface area (TPSA) is 58.9 Å². The van der Waals surface area contributed by atoms with Crippen LogP contribution in [0.5, 0.6) is 0 Å². The van der Waals surface area contributed by atoms with E-state index in [1.54, 1.807) is 24.4 Å². The van der Waals surface area contributed by atoms with Gasteiger partial charge in [0.1, 0.15) is 0 Å². The molecule has 0 unspecified atom stereocenters. The van der Waals surface area contributed by atoms with E-state index in [9.17, 15) is 4.79 Å². The molecular weight excluding hydrogens is 304 g/mol. The zero-order valence-electron chi connectivity index (χ0n) is 9.98. The Morgan fingerprint density at radius 1 is 1.16 bits per heavy atom. The van der Waals surface area contributed by atoms with Crippen LogP contribution in [-0.2, 0) is 0 Å². The van der Waals surface area contributed by atoms with Gasteiger partial charge in [-0.25, -0.2) is 0 Å². The highest BCUT2D eigenvalue weighted by atomic mass is 79.9. The van der Waals surface area contributed by atoms with Crippen LogP contribution in [0.25, 0.3) is 10.9 Å². The standard InChI is InChI=1S/C15H11BrN2O/c16-12-6-5-9(7-13(12)17)15(19)11-8-18-14-4-2-1-3-10(11)14/h1-8,18H,17H2. The number of hydrogen-bond donors (Lipinski definition) is 2. The van der Waals surface area contributed by atoms with Gasteiger partial charge in [-0.05, 0) is 40.2 Å². The third kappa shape index (κ3) is 2.04. The Bertz CT molecular complexity index is 777. The lowest BCUT2D eigenvalue weighted by Gasteiger charge is -2.03. The normalized spacial score (nSPS) is 10.8. The molecule has 1 aromatic heterocycles. The molecule has 0 spiro atoms. The monoisotopic (exact) mass is 314 g/mol. The van der Waals surface area contributed by atoms with E-state index in [1.807, 2.05) is 24.3 Å². The summed E-state index contributed by atoms with van der Waals surface area (Å²) in [7, 11) is 0. The quantitative estimate of drug-likeness (QED) is 0.559. The first-order valence-electron chi connectivity index (χ1n) is 5.82. The molecule has 0 saturated carbocycles. The van der Waals surface area contributed by atoms with Crippen molar-refractivity contribution in [3.8, 4) is 0 Å². The van der Waals surface area contributed by atoms with Crippen molar-refractivity contribution in [2.45, 2.75) is 0 Å². The molecule has 3 aromatic rings. The molecule has 0 fully saturated rings. The molecular formula is C15H11BrN2O. The maximum absolute atomic E-state index is 12.5. The van der Waals surface area contributed by atoms with Crippen molar-refractivity contribution >= 4 is 38.3 Å². The lowest BCUT2D eigenvalue weighted by molar-refractivity contribution is 0.104. The van der Waals surface area contributed by atoms with Crippen LogP contribution in [0.2, 0.25) is 0 Å². The molecule has 0 amide bonds. The van der Waals surface area contributed by atoms with E-state index in [4.69, 9.17) is 5.73 Å². The maximum atomic E-state index is 12.5. The molecule has 4 heteroatoms. The Balaban J connectivity index is 2.11. The first-order valence-corrected chi connectivity index (χ1v) is 6.62. The number of fused-ring (bicyclic) bond motifs is 1. The third-order valence-corrected chi connectivity index (χ3v) is 3.81. The minimum absolute atomic E-state index is 0.0309. The number of aromatic nitrogens is 1. The summed E-state index contributed by atoms with van der Waals surface area (Å²) in [5.74, 6) is -0.0309. The van der Waals surface area contributed by atoms with Crippen LogP contribution >= 0.6 is 15.9 Å². The highest BCUT2D eigenvalue weighted by Gasteiger charge is 2.14. The summed E-state index contributed by atoms with van der Waals surface area (Å²) in [6.07, 6.45) is 1.74. The maximum Gasteiger partial charge on any atom is 0.195 e. The van der Waals surface area contributed by atoms with Gasteiger partial charge in [0.15, 0.2) is 5.78 Å². The van der Waals surface area contributed by atoms with Crippen LogP contribution in [0.4, 0.5) is 5.69 Å². The second-order valence-corrected chi connectivity index (χ2v) is 5.17. The molecule has 3 N–H and O–H groups in total. The van der Waals surface area contributed by atoms with E-state index in [0.717, 1.165) is 15.4 Å². The SMILES string of the molecule is Nc1cc(C(=O)c2c[nH]c3ccccc23)ccc1Br. The number of benzene rings is 2. The zero-order chi connectivity index (χ0) is 13.4. The van der Waals surface area contributed by atoms with Crippen LogP contribution in [0, 0.1) is 0 Å². The lowest BCUT2D eigenvalue weighted by atomic mass is 10.0. The number of ketones is 1. The van der Waals surface area contributed by atoms with Crippen molar-refractivity contribution in [2.24, 2.45) is 0 Å². The van der Waals surface area contributed by atoms with Crippen molar-refractivity contribution in [1.29, 1.82) is 0 Å².